The van der Waals surface area contributed by atoms with Gasteiger partial charge in [0.2, 0.25) is 0 Å². The number of hydrogen-bond donors (Lipinski definition) is 0. The molecule has 0 unspecified atom stereocenters. The first-order valence-electron chi connectivity index (χ1n) is 19.7. The normalized spacial score (nSPS) is 12.2. The Morgan fingerprint density at radius 3 is 1.32 bits per heavy atom. The van der Waals surface area contributed by atoms with Crippen LogP contribution in [-0.4, -0.2) is 14.1 Å². The van der Waals surface area contributed by atoms with Crippen molar-refractivity contribution < 1.29 is 26.3 Å². The Labute approximate surface area is 351 Å². The van der Waals surface area contributed by atoms with Gasteiger partial charge in [0, 0.05) is 39.5 Å². The predicted molar refractivity (Wildman–Crippen MR) is 233 cm³/mol. The van der Waals surface area contributed by atoms with Crippen LogP contribution in [0, 0.1) is 25.2 Å². The maximum atomic E-state index is 14.1. The summed E-state index contributed by atoms with van der Waals surface area (Å²) >= 11 is 0. The minimum Gasteiger partial charge on any atom is -0.308 e. The van der Waals surface area contributed by atoms with Crippen LogP contribution < -0.4 is 0 Å². The lowest BCUT2D eigenvalue weighted by molar-refractivity contribution is -0.138. The van der Waals surface area contributed by atoms with E-state index in [-0.39, 0.29) is 0 Å². The first kappa shape index (κ1) is 38.6. The molecule has 0 bridgehead atoms. The van der Waals surface area contributed by atoms with Gasteiger partial charge in [-0.15, -0.1) is 0 Å². The van der Waals surface area contributed by atoms with E-state index in [9.17, 15) is 31.6 Å². The molecule has 0 radical (unpaired) electrons. The molecule has 302 valence electrons. The van der Waals surface area contributed by atoms with Crippen molar-refractivity contribution in [2.24, 2.45) is 0 Å². The Kier molecular flexibility index (Phi) is 8.85. The number of nitrogens with zero attached hydrogens (tertiary/aromatic N) is 4. The SMILES string of the molecule is Cc1cc(-c2ccc3c4ccccc4n(-c4cc(C#N)cc(-n5c6ccccc6c6ccc(-c7cc(C)cc(C(F)(F)F)c7)cc65)c4-c4ccncc4)c3c2)cc(C(F)(F)F)c1. The number of halogens is 6. The van der Waals surface area contributed by atoms with E-state index < -0.39 is 23.5 Å². The maximum Gasteiger partial charge on any atom is 0.416 e. The van der Waals surface area contributed by atoms with E-state index in [0.29, 0.717) is 61.4 Å². The summed E-state index contributed by atoms with van der Waals surface area (Å²) in [6, 6.07) is 44.7. The summed E-state index contributed by atoms with van der Waals surface area (Å²) in [6.07, 6.45) is -5.71. The van der Waals surface area contributed by atoms with E-state index in [1.165, 1.54) is 0 Å². The van der Waals surface area contributed by atoms with Gasteiger partial charge in [-0.05, 0) is 126 Å². The zero-order chi connectivity index (χ0) is 43.1. The van der Waals surface area contributed by atoms with Crippen LogP contribution >= 0.6 is 0 Å². The molecule has 10 rings (SSSR count). The lowest BCUT2D eigenvalue weighted by Gasteiger charge is -2.21. The molecule has 0 saturated carbocycles. The second kappa shape index (κ2) is 14.2. The van der Waals surface area contributed by atoms with Crippen LogP contribution in [-0.2, 0) is 12.4 Å². The Morgan fingerprint density at radius 2 is 0.887 bits per heavy atom. The first-order valence-corrected chi connectivity index (χ1v) is 19.7. The lowest BCUT2D eigenvalue weighted by atomic mass is 9.97. The van der Waals surface area contributed by atoms with Gasteiger partial charge in [-0.2, -0.15) is 31.6 Å². The van der Waals surface area contributed by atoms with Gasteiger partial charge < -0.3 is 9.13 Å². The molecule has 7 aromatic carbocycles. The molecule has 0 spiro atoms. The van der Waals surface area contributed by atoms with Crippen LogP contribution in [0.25, 0.3) is 88.4 Å². The molecule has 0 N–H and O–H groups in total. The fraction of sp³-hybridized carbons (Fsp3) is 0.0769. The van der Waals surface area contributed by atoms with Crippen molar-refractivity contribution in [2.75, 3.05) is 0 Å². The number of nitriles is 1. The number of aryl methyl sites for hydroxylation is 2. The van der Waals surface area contributed by atoms with Crippen molar-refractivity contribution in [3.63, 3.8) is 0 Å². The molecule has 4 nitrogen and oxygen atoms in total. The molecular formula is C52H32F6N4. The van der Waals surface area contributed by atoms with Crippen LogP contribution in [0.3, 0.4) is 0 Å². The Balaban J connectivity index is 1.31. The van der Waals surface area contributed by atoms with Gasteiger partial charge in [-0.3, -0.25) is 4.98 Å². The monoisotopic (exact) mass is 826 g/mol. The summed E-state index contributed by atoms with van der Waals surface area (Å²) in [4.78, 5) is 4.32. The van der Waals surface area contributed by atoms with Gasteiger partial charge >= 0.3 is 12.4 Å². The third-order valence-corrected chi connectivity index (χ3v) is 11.5. The molecule has 3 heterocycles. The number of pyridine rings is 1. The highest BCUT2D eigenvalue weighted by atomic mass is 19.4. The summed E-state index contributed by atoms with van der Waals surface area (Å²) in [6.45, 7) is 3.28. The number of benzene rings is 7. The van der Waals surface area contributed by atoms with Crippen molar-refractivity contribution >= 4 is 43.6 Å². The molecule has 0 atom stereocenters. The Bertz CT molecular complexity index is 3270. The van der Waals surface area contributed by atoms with Crippen molar-refractivity contribution in [3.05, 3.63) is 186 Å². The standard InChI is InChI=1S/C52H32F6N4/c1-30-19-36(25-38(21-30)51(53,54)55)34-11-13-42-40-7-3-5-9-44(40)61(46(42)27-34)48-23-32(29-59)24-49(50(48)33-15-17-60-18-16-33)62-45-10-6-4-8-41(45)43-14-12-35(28-47(43)62)37-20-31(2)22-39(26-37)52(56,57)58/h3-28H,1-2H3. The minimum atomic E-state index is -4.53. The van der Waals surface area contributed by atoms with Crippen LogP contribution in [0.2, 0.25) is 0 Å². The zero-order valence-corrected chi connectivity index (χ0v) is 33.1. The van der Waals surface area contributed by atoms with Crippen LogP contribution in [0.5, 0.6) is 0 Å². The van der Waals surface area contributed by atoms with Crippen LogP contribution in [0.1, 0.15) is 27.8 Å². The molecule has 3 aromatic heterocycles. The van der Waals surface area contributed by atoms with E-state index in [1.807, 2.05) is 109 Å². The Hall–Kier alpha value is -7.64. The topological polar surface area (TPSA) is 46.5 Å². The first-order chi connectivity index (χ1) is 29.8. The highest BCUT2D eigenvalue weighted by molar-refractivity contribution is 6.13. The molecule has 0 saturated heterocycles. The molecule has 0 aliphatic rings. The number of rotatable bonds is 5. The highest BCUT2D eigenvalue weighted by Crippen LogP contribution is 2.45. The average Bonchev–Trinajstić information content (AvgIpc) is 3.77. The fourth-order valence-corrected chi connectivity index (χ4v) is 8.89. The van der Waals surface area contributed by atoms with Crippen molar-refractivity contribution in [2.45, 2.75) is 26.2 Å². The molecule has 0 fully saturated rings. The highest BCUT2D eigenvalue weighted by Gasteiger charge is 2.32. The van der Waals surface area contributed by atoms with E-state index in [2.05, 4.69) is 20.2 Å². The van der Waals surface area contributed by atoms with Crippen molar-refractivity contribution in [3.8, 4) is 50.8 Å². The van der Waals surface area contributed by atoms with Gasteiger partial charge in [0.1, 0.15) is 0 Å². The number of hydrogen-bond acceptors (Lipinski definition) is 2. The lowest BCUT2D eigenvalue weighted by Crippen LogP contribution is -2.06. The molecule has 10 heteroatoms. The largest absolute Gasteiger partial charge is 0.416 e. The number of alkyl halides is 6. The third kappa shape index (κ3) is 6.45. The molecule has 0 aliphatic carbocycles. The van der Waals surface area contributed by atoms with Gasteiger partial charge in [-0.1, -0.05) is 72.8 Å². The summed E-state index contributed by atoms with van der Waals surface area (Å²) in [5.41, 5.74) is 7.55. The van der Waals surface area contributed by atoms with Crippen LogP contribution in [0.15, 0.2) is 158 Å². The quantitative estimate of drug-likeness (QED) is 0.162. The van der Waals surface area contributed by atoms with Crippen LogP contribution in [0.4, 0.5) is 26.3 Å². The molecular weight excluding hydrogens is 795 g/mol. The fourth-order valence-electron chi connectivity index (χ4n) is 8.89. The summed E-state index contributed by atoms with van der Waals surface area (Å²) in [5.74, 6) is 0. The van der Waals surface area contributed by atoms with Gasteiger partial charge in [-0.25, -0.2) is 0 Å². The minimum absolute atomic E-state index is 0.332. The van der Waals surface area contributed by atoms with Crippen molar-refractivity contribution in [1.29, 1.82) is 5.26 Å². The van der Waals surface area contributed by atoms with E-state index in [0.717, 1.165) is 68.0 Å². The second-order valence-corrected chi connectivity index (χ2v) is 15.6. The van der Waals surface area contributed by atoms with Gasteiger partial charge in [0.25, 0.3) is 0 Å². The summed E-state index contributed by atoms with van der Waals surface area (Å²) < 4.78 is 88.6. The van der Waals surface area contributed by atoms with Gasteiger partial charge in [0.05, 0.1) is 56.2 Å². The van der Waals surface area contributed by atoms with E-state index in [4.69, 9.17) is 0 Å². The smallest absolute Gasteiger partial charge is 0.308 e. The molecule has 0 aliphatic heterocycles. The third-order valence-electron chi connectivity index (χ3n) is 11.5. The summed E-state index contributed by atoms with van der Waals surface area (Å²) in [5, 5.41) is 14.3. The number of aromatic nitrogens is 3. The van der Waals surface area contributed by atoms with E-state index >= 15 is 0 Å². The number of fused-ring (bicyclic) bond motifs is 6. The maximum absolute atomic E-state index is 14.1. The zero-order valence-electron chi connectivity index (χ0n) is 33.1. The molecule has 62 heavy (non-hydrogen) atoms. The molecule has 10 aromatic rings. The van der Waals surface area contributed by atoms with Gasteiger partial charge in [0.15, 0.2) is 0 Å². The molecule has 0 amide bonds. The van der Waals surface area contributed by atoms with Crippen molar-refractivity contribution in [1.82, 2.24) is 14.1 Å². The predicted octanol–water partition coefficient (Wildman–Crippen LogP) is 14.8. The Morgan fingerprint density at radius 1 is 0.452 bits per heavy atom. The second-order valence-electron chi connectivity index (χ2n) is 15.6. The average molecular weight is 827 g/mol. The van der Waals surface area contributed by atoms with E-state index in [1.54, 1.807) is 38.4 Å². The summed E-state index contributed by atoms with van der Waals surface area (Å²) in [7, 11) is 0. The number of para-hydroxylation sites is 2.